The Morgan fingerprint density at radius 1 is 1.04 bits per heavy atom. The van der Waals surface area contributed by atoms with E-state index in [0.29, 0.717) is 6.54 Å². The summed E-state index contributed by atoms with van der Waals surface area (Å²) in [4.78, 5) is 12.2. The van der Waals surface area contributed by atoms with Crippen LogP contribution in [0.5, 0.6) is 11.5 Å². The van der Waals surface area contributed by atoms with Gasteiger partial charge in [0.2, 0.25) is 6.79 Å². The van der Waals surface area contributed by atoms with Crippen molar-refractivity contribution < 1.29 is 9.47 Å². The molecule has 0 radical (unpaired) electrons. The molecule has 4 heterocycles. The summed E-state index contributed by atoms with van der Waals surface area (Å²) in [7, 11) is 0. The van der Waals surface area contributed by atoms with Crippen molar-refractivity contribution in [3.63, 3.8) is 0 Å². The summed E-state index contributed by atoms with van der Waals surface area (Å²) in [5, 5.41) is 4.42. The van der Waals surface area contributed by atoms with Crippen molar-refractivity contribution in [1.29, 1.82) is 0 Å². The van der Waals surface area contributed by atoms with E-state index in [2.05, 4.69) is 26.3 Å². The maximum absolute atomic E-state index is 5.52. The molecule has 0 saturated heterocycles. The highest BCUT2D eigenvalue weighted by Gasteiger charge is 2.16. The number of aromatic amines is 1. The quantitative estimate of drug-likeness (QED) is 0.586. The predicted octanol–water partition coefficient (Wildman–Crippen LogP) is 3.97. The number of hydrogen-bond acceptors (Lipinski definition) is 5. The van der Waals surface area contributed by atoms with E-state index in [0.717, 1.165) is 45.2 Å². The number of fused-ring (bicyclic) bond motifs is 2. The van der Waals surface area contributed by atoms with E-state index in [9.17, 15) is 0 Å². The van der Waals surface area contributed by atoms with Gasteiger partial charge < -0.3 is 19.8 Å². The summed E-state index contributed by atoms with van der Waals surface area (Å²) in [6.45, 7) is 0.881. The highest BCUT2D eigenvalue weighted by Crippen LogP contribution is 2.38. The molecule has 0 aliphatic carbocycles. The van der Waals surface area contributed by atoms with Crippen molar-refractivity contribution in [2.24, 2.45) is 0 Å². The van der Waals surface area contributed by atoms with E-state index >= 15 is 0 Å². The molecule has 4 aromatic rings. The number of hydrogen-bond donors (Lipinski definition) is 2. The van der Waals surface area contributed by atoms with Crippen LogP contribution in [0.25, 0.3) is 22.2 Å². The number of anilines is 1. The van der Waals surface area contributed by atoms with Crippen LogP contribution >= 0.6 is 0 Å². The third-order valence-corrected chi connectivity index (χ3v) is 4.39. The van der Waals surface area contributed by atoms with Gasteiger partial charge in [-0.2, -0.15) is 0 Å². The first-order chi connectivity index (χ1) is 12.9. The van der Waals surface area contributed by atoms with Crippen molar-refractivity contribution >= 4 is 16.9 Å². The smallest absolute Gasteiger partial charge is 0.231 e. The van der Waals surface area contributed by atoms with Crippen LogP contribution in [0.3, 0.4) is 0 Å². The Bertz CT molecular complexity index is 1080. The molecule has 6 nitrogen and oxygen atoms in total. The van der Waals surface area contributed by atoms with Crippen LogP contribution in [0.4, 0.5) is 5.82 Å². The first-order valence-electron chi connectivity index (χ1n) is 8.39. The van der Waals surface area contributed by atoms with Gasteiger partial charge in [-0.3, -0.25) is 4.98 Å². The Morgan fingerprint density at radius 2 is 2.00 bits per heavy atom. The van der Waals surface area contributed by atoms with Gasteiger partial charge in [-0.1, -0.05) is 12.1 Å². The minimum atomic E-state index is 0.269. The van der Waals surface area contributed by atoms with E-state index in [1.54, 1.807) is 6.20 Å². The molecule has 0 atom stereocenters. The number of H-pyrrole nitrogens is 1. The molecule has 0 unspecified atom stereocenters. The van der Waals surface area contributed by atoms with Crippen LogP contribution in [-0.4, -0.2) is 21.7 Å². The zero-order valence-corrected chi connectivity index (χ0v) is 13.9. The van der Waals surface area contributed by atoms with Gasteiger partial charge in [-0.25, -0.2) is 4.98 Å². The molecule has 1 aliphatic heterocycles. The van der Waals surface area contributed by atoms with Gasteiger partial charge in [0.15, 0.2) is 11.5 Å². The zero-order chi connectivity index (χ0) is 17.3. The third kappa shape index (κ3) is 2.61. The average molecular weight is 344 g/mol. The molecular formula is C20H16N4O2. The molecule has 6 heteroatoms. The van der Waals surface area contributed by atoms with Crippen LogP contribution < -0.4 is 14.8 Å². The maximum Gasteiger partial charge on any atom is 0.231 e. The van der Waals surface area contributed by atoms with Gasteiger partial charge in [0.1, 0.15) is 11.5 Å². The standard InChI is InChI=1S/C20H16N4O2/c1-2-7-21-14(3-1)11-23-19-10-16(15-6-8-22-20(15)24-19)13-4-5-17-18(9-13)26-12-25-17/h1-10H,11-12H2,(H2,22,23,24). The number of ether oxygens (including phenoxy) is 2. The highest BCUT2D eigenvalue weighted by atomic mass is 16.7. The summed E-state index contributed by atoms with van der Waals surface area (Å²) in [5.74, 6) is 2.34. The van der Waals surface area contributed by atoms with Crippen molar-refractivity contribution in [2.45, 2.75) is 6.54 Å². The molecule has 0 amide bonds. The van der Waals surface area contributed by atoms with E-state index in [1.165, 1.54) is 0 Å². The van der Waals surface area contributed by atoms with E-state index in [-0.39, 0.29) is 6.79 Å². The van der Waals surface area contributed by atoms with Gasteiger partial charge >= 0.3 is 0 Å². The van der Waals surface area contributed by atoms with Crippen LogP contribution in [0.15, 0.2) is 60.9 Å². The highest BCUT2D eigenvalue weighted by molar-refractivity contribution is 5.95. The molecule has 1 aromatic carbocycles. The molecule has 26 heavy (non-hydrogen) atoms. The normalized spacial score (nSPS) is 12.5. The fraction of sp³-hybridized carbons (Fsp3) is 0.100. The Labute approximate surface area is 149 Å². The SMILES string of the molecule is c1ccc(CNc2cc(-c3ccc4c(c3)OCO4)c3cc[nH]c3n2)nc1. The summed E-state index contributed by atoms with van der Waals surface area (Å²) < 4.78 is 10.9. The number of rotatable bonds is 4. The molecule has 3 aromatic heterocycles. The van der Waals surface area contributed by atoms with Crippen LogP contribution in [0.2, 0.25) is 0 Å². The van der Waals surface area contributed by atoms with Crippen molar-refractivity contribution in [3.8, 4) is 22.6 Å². The first-order valence-corrected chi connectivity index (χ1v) is 8.39. The van der Waals surface area contributed by atoms with Crippen LogP contribution in [-0.2, 0) is 6.54 Å². The second kappa shape index (κ2) is 6.07. The topological polar surface area (TPSA) is 72.1 Å². The van der Waals surface area contributed by atoms with Crippen LogP contribution in [0, 0.1) is 0 Å². The van der Waals surface area contributed by atoms with E-state index in [1.807, 2.05) is 48.7 Å². The largest absolute Gasteiger partial charge is 0.454 e. The Hall–Kier alpha value is -3.54. The molecule has 0 fully saturated rings. The second-order valence-corrected chi connectivity index (χ2v) is 6.04. The average Bonchev–Trinajstić information content (AvgIpc) is 3.35. The second-order valence-electron chi connectivity index (χ2n) is 6.04. The Kier molecular flexibility index (Phi) is 3.45. The van der Waals surface area contributed by atoms with Crippen molar-refractivity contribution in [2.75, 3.05) is 12.1 Å². The van der Waals surface area contributed by atoms with Gasteiger partial charge in [0, 0.05) is 17.8 Å². The maximum atomic E-state index is 5.52. The summed E-state index contributed by atoms with van der Waals surface area (Å²) in [5.41, 5.74) is 3.94. The van der Waals surface area contributed by atoms with Crippen molar-refractivity contribution in [3.05, 3.63) is 66.6 Å². The molecule has 0 saturated carbocycles. The van der Waals surface area contributed by atoms with Crippen LogP contribution in [0.1, 0.15) is 5.69 Å². The lowest BCUT2D eigenvalue weighted by atomic mass is 10.0. The monoisotopic (exact) mass is 344 g/mol. The minimum Gasteiger partial charge on any atom is -0.454 e. The lowest BCUT2D eigenvalue weighted by molar-refractivity contribution is 0.174. The summed E-state index contributed by atoms with van der Waals surface area (Å²) in [6, 6.07) is 15.9. The number of benzene rings is 1. The lowest BCUT2D eigenvalue weighted by Gasteiger charge is -2.10. The third-order valence-electron chi connectivity index (χ3n) is 4.39. The summed E-state index contributed by atoms with van der Waals surface area (Å²) in [6.07, 6.45) is 3.69. The minimum absolute atomic E-state index is 0.269. The lowest BCUT2D eigenvalue weighted by Crippen LogP contribution is -2.03. The van der Waals surface area contributed by atoms with Gasteiger partial charge in [-0.05, 0) is 47.5 Å². The fourth-order valence-corrected chi connectivity index (χ4v) is 3.11. The molecule has 1 aliphatic rings. The van der Waals surface area contributed by atoms with Crippen molar-refractivity contribution in [1.82, 2.24) is 15.0 Å². The molecule has 0 bridgehead atoms. The number of aromatic nitrogens is 3. The predicted molar refractivity (Wildman–Crippen MR) is 99.2 cm³/mol. The molecule has 2 N–H and O–H groups in total. The zero-order valence-electron chi connectivity index (χ0n) is 13.9. The molecule has 0 spiro atoms. The van der Waals surface area contributed by atoms with Gasteiger partial charge in [0.05, 0.1) is 12.2 Å². The van der Waals surface area contributed by atoms with Gasteiger partial charge in [-0.15, -0.1) is 0 Å². The number of nitrogens with one attached hydrogen (secondary N) is 2. The molecule has 5 rings (SSSR count). The first kappa shape index (κ1) is 14.8. The number of pyridine rings is 2. The van der Waals surface area contributed by atoms with Gasteiger partial charge in [0.25, 0.3) is 0 Å². The molecule has 128 valence electrons. The van der Waals surface area contributed by atoms with E-state index in [4.69, 9.17) is 9.47 Å². The Morgan fingerprint density at radius 3 is 2.92 bits per heavy atom. The van der Waals surface area contributed by atoms with E-state index < -0.39 is 0 Å². The number of nitrogens with zero attached hydrogens (tertiary/aromatic N) is 2. The summed E-state index contributed by atoms with van der Waals surface area (Å²) >= 11 is 0. The fourth-order valence-electron chi connectivity index (χ4n) is 3.11. The Balaban J connectivity index is 1.53. The molecular weight excluding hydrogens is 328 g/mol.